The highest BCUT2D eigenvalue weighted by Crippen LogP contribution is 2.36. The van der Waals surface area contributed by atoms with E-state index >= 15 is 0 Å². The monoisotopic (exact) mass is 476 g/mol. The Bertz CT molecular complexity index is 1240. The molecule has 5 rings (SSSR count). The molecular formula is C26H32N6O3. The predicted molar refractivity (Wildman–Crippen MR) is 133 cm³/mol. The number of hydrogen-bond acceptors (Lipinski definition) is 7. The van der Waals surface area contributed by atoms with Crippen molar-refractivity contribution >= 4 is 29.1 Å². The second-order valence-electron chi connectivity index (χ2n) is 10.6. The van der Waals surface area contributed by atoms with E-state index < -0.39 is 5.60 Å². The van der Waals surface area contributed by atoms with E-state index in [1.54, 1.807) is 11.1 Å². The SMILES string of the molecule is C[C@H]1CN(c2ccc3ncc(-c4cnn(C5CC(C=O)C5)c4)nc3c2)CCN1C(=O)OC(C)(C)C. The molecular weight excluding hydrogens is 444 g/mol. The fourth-order valence-electron chi connectivity index (χ4n) is 4.75. The molecule has 0 bridgehead atoms. The van der Waals surface area contributed by atoms with Gasteiger partial charge in [0.05, 0.1) is 35.2 Å². The van der Waals surface area contributed by atoms with Crippen molar-refractivity contribution in [3.63, 3.8) is 0 Å². The molecule has 0 spiro atoms. The fraction of sp³-hybridized carbons (Fsp3) is 0.500. The Labute approximate surface area is 205 Å². The number of rotatable bonds is 4. The first kappa shape index (κ1) is 23.3. The normalized spacial score (nSPS) is 22.7. The molecule has 184 valence electrons. The van der Waals surface area contributed by atoms with Gasteiger partial charge in [-0.05, 0) is 58.7 Å². The first-order chi connectivity index (χ1) is 16.7. The van der Waals surface area contributed by atoms with Gasteiger partial charge in [0.15, 0.2) is 0 Å². The Morgan fingerprint density at radius 3 is 2.66 bits per heavy atom. The Balaban J connectivity index is 1.31. The van der Waals surface area contributed by atoms with Gasteiger partial charge < -0.3 is 19.3 Å². The lowest BCUT2D eigenvalue weighted by Gasteiger charge is -2.41. The Kier molecular flexibility index (Phi) is 5.94. The minimum atomic E-state index is -0.505. The van der Waals surface area contributed by atoms with Gasteiger partial charge in [0.25, 0.3) is 0 Å². The van der Waals surface area contributed by atoms with Crippen molar-refractivity contribution in [3.05, 3.63) is 36.8 Å². The van der Waals surface area contributed by atoms with Gasteiger partial charge in [0.1, 0.15) is 11.9 Å². The summed E-state index contributed by atoms with van der Waals surface area (Å²) in [6, 6.07) is 6.42. The number of piperazine rings is 1. The van der Waals surface area contributed by atoms with Crippen molar-refractivity contribution in [1.82, 2.24) is 24.6 Å². The second kappa shape index (κ2) is 8.94. The highest BCUT2D eigenvalue weighted by Gasteiger charge is 2.32. The smallest absolute Gasteiger partial charge is 0.410 e. The maximum absolute atomic E-state index is 12.6. The second-order valence-corrected chi connectivity index (χ2v) is 10.6. The molecule has 35 heavy (non-hydrogen) atoms. The highest BCUT2D eigenvalue weighted by molar-refractivity contribution is 5.81. The molecule has 2 aliphatic rings. The molecule has 3 heterocycles. The number of nitrogens with zero attached hydrogens (tertiary/aromatic N) is 6. The van der Waals surface area contributed by atoms with E-state index in [4.69, 9.17) is 9.72 Å². The largest absolute Gasteiger partial charge is 0.444 e. The van der Waals surface area contributed by atoms with E-state index in [0.29, 0.717) is 13.1 Å². The van der Waals surface area contributed by atoms with Crippen molar-refractivity contribution in [3.8, 4) is 11.3 Å². The van der Waals surface area contributed by atoms with Gasteiger partial charge in [-0.2, -0.15) is 5.10 Å². The minimum absolute atomic E-state index is 0.0304. The lowest BCUT2D eigenvalue weighted by Crippen LogP contribution is -2.55. The summed E-state index contributed by atoms with van der Waals surface area (Å²) in [6.07, 6.45) is 8.04. The fourth-order valence-corrected chi connectivity index (χ4v) is 4.75. The van der Waals surface area contributed by atoms with Gasteiger partial charge >= 0.3 is 6.09 Å². The van der Waals surface area contributed by atoms with Gasteiger partial charge in [0.2, 0.25) is 0 Å². The molecule has 1 aliphatic carbocycles. The van der Waals surface area contributed by atoms with Crippen molar-refractivity contribution in [1.29, 1.82) is 0 Å². The first-order valence-corrected chi connectivity index (χ1v) is 12.2. The first-order valence-electron chi connectivity index (χ1n) is 12.2. The van der Waals surface area contributed by atoms with E-state index in [2.05, 4.69) is 27.1 Å². The van der Waals surface area contributed by atoms with Crippen molar-refractivity contribution in [2.75, 3.05) is 24.5 Å². The molecule has 9 nitrogen and oxygen atoms in total. The Morgan fingerprint density at radius 2 is 1.94 bits per heavy atom. The molecule has 2 aromatic heterocycles. The van der Waals surface area contributed by atoms with E-state index in [1.165, 1.54) is 0 Å². The van der Waals surface area contributed by atoms with Crippen molar-refractivity contribution in [2.45, 2.75) is 58.2 Å². The predicted octanol–water partition coefficient (Wildman–Crippen LogP) is 4.09. The summed E-state index contributed by atoms with van der Waals surface area (Å²) in [6.45, 7) is 9.75. The van der Waals surface area contributed by atoms with Gasteiger partial charge in [-0.1, -0.05) is 0 Å². The molecule has 0 unspecified atom stereocenters. The van der Waals surface area contributed by atoms with E-state index in [-0.39, 0.29) is 24.1 Å². The number of anilines is 1. The average molecular weight is 477 g/mol. The van der Waals surface area contributed by atoms with Gasteiger partial charge in [-0.3, -0.25) is 9.67 Å². The maximum atomic E-state index is 12.6. The Morgan fingerprint density at radius 1 is 1.14 bits per heavy atom. The highest BCUT2D eigenvalue weighted by atomic mass is 16.6. The maximum Gasteiger partial charge on any atom is 0.410 e. The van der Waals surface area contributed by atoms with Crippen LogP contribution in [-0.4, -0.2) is 68.3 Å². The summed E-state index contributed by atoms with van der Waals surface area (Å²) in [5, 5.41) is 4.49. The number of aldehydes is 1. The summed E-state index contributed by atoms with van der Waals surface area (Å²) >= 11 is 0. The molecule has 1 aromatic carbocycles. The van der Waals surface area contributed by atoms with E-state index in [9.17, 15) is 9.59 Å². The number of benzene rings is 1. The number of carbonyl (C=O) groups is 2. The van der Waals surface area contributed by atoms with Crippen LogP contribution in [0.2, 0.25) is 0 Å². The topological polar surface area (TPSA) is 93.5 Å². The molecule has 1 saturated carbocycles. The van der Waals surface area contributed by atoms with E-state index in [1.807, 2.05) is 50.8 Å². The van der Waals surface area contributed by atoms with Crippen LogP contribution in [0.4, 0.5) is 10.5 Å². The molecule has 1 amide bonds. The van der Waals surface area contributed by atoms with Crippen LogP contribution in [0.15, 0.2) is 36.8 Å². The zero-order valence-electron chi connectivity index (χ0n) is 20.7. The van der Waals surface area contributed by atoms with Crippen LogP contribution in [0.5, 0.6) is 0 Å². The average Bonchev–Trinajstić information content (AvgIpc) is 3.26. The molecule has 2 fully saturated rings. The number of fused-ring (bicyclic) bond motifs is 1. The van der Waals surface area contributed by atoms with Crippen molar-refractivity contribution in [2.24, 2.45) is 5.92 Å². The third kappa shape index (κ3) is 4.85. The van der Waals surface area contributed by atoms with Crippen LogP contribution in [0.3, 0.4) is 0 Å². The molecule has 1 atom stereocenters. The van der Waals surface area contributed by atoms with Crippen LogP contribution in [0.1, 0.15) is 46.6 Å². The quantitative estimate of drug-likeness (QED) is 0.524. The molecule has 9 heteroatoms. The number of hydrogen-bond donors (Lipinski definition) is 0. The minimum Gasteiger partial charge on any atom is -0.444 e. The van der Waals surface area contributed by atoms with Gasteiger partial charge in [-0.25, -0.2) is 9.78 Å². The third-order valence-electron chi connectivity index (χ3n) is 6.76. The molecule has 0 radical (unpaired) electrons. The summed E-state index contributed by atoms with van der Waals surface area (Å²) < 4.78 is 7.50. The van der Waals surface area contributed by atoms with Crippen LogP contribution in [0, 0.1) is 5.92 Å². The molecule has 1 saturated heterocycles. The number of amides is 1. The van der Waals surface area contributed by atoms with Crippen LogP contribution in [-0.2, 0) is 9.53 Å². The zero-order valence-corrected chi connectivity index (χ0v) is 20.7. The zero-order chi connectivity index (χ0) is 24.7. The lowest BCUT2D eigenvalue weighted by atomic mass is 9.81. The summed E-state index contributed by atoms with van der Waals surface area (Å²) in [4.78, 5) is 37.0. The summed E-state index contributed by atoms with van der Waals surface area (Å²) in [7, 11) is 0. The van der Waals surface area contributed by atoms with E-state index in [0.717, 1.165) is 53.7 Å². The summed E-state index contributed by atoms with van der Waals surface area (Å²) in [5.41, 5.74) is 3.89. The standard InChI is InChI=1S/C26H32N6O3/c1-17-14-30(7-8-31(17)25(34)35-26(2,3)4)20-5-6-22-23(11-20)29-24(13-27-22)19-12-28-32(15-19)21-9-18(10-21)16-33/h5-6,11-13,15-18,21H,7-10,14H2,1-4H3/t17-,18?,21?/m0/s1. The lowest BCUT2D eigenvalue weighted by molar-refractivity contribution is -0.114. The van der Waals surface area contributed by atoms with Gasteiger partial charge in [0, 0.05) is 49.0 Å². The van der Waals surface area contributed by atoms with Gasteiger partial charge in [-0.15, -0.1) is 0 Å². The van der Waals surface area contributed by atoms with Crippen LogP contribution < -0.4 is 4.90 Å². The molecule has 1 aliphatic heterocycles. The Hall–Kier alpha value is -3.49. The third-order valence-corrected chi connectivity index (χ3v) is 6.76. The number of carbonyl (C=O) groups excluding carboxylic acids is 2. The number of aromatic nitrogens is 4. The molecule has 3 aromatic rings. The van der Waals surface area contributed by atoms with Crippen LogP contribution in [0.25, 0.3) is 22.3 Å². The number of ether oxygens (including phenoxy) is 1. The van der Waals surface area contributed by atoms with Crippen LogP contribution >= 0.6 is 0 Å². The summed E-state index contributed by atoms with van der Waals surface area (Å²) in [5.74, 6) is 0.153. The van der Waals surface area contributed by atoms with Crippen molar-refractivity contribution < 1.29 is 14.3 Å². The molecule has 0 N–H and O–H groups in total.